The minimum Gasteiger partial charge on any atom is -0.339 e. The van der Waals surface area contributed by atoms with E-state index in [0.717, 1.165) is 38.8 Å². The second-order valence-corrected chi connectivity index (χ2v) is 5.58. The van der Waals surface area contributed by atoms with Crippen LogP contribution in [-0.4, -0.2) is 53.2 Å². The number of hydrogen-bond donors (Lipinski definition) is 0. The summed E-state index contributed by atoms with van der Waals surface area (Å²) in [6, 6.07) is 0.792. The number of ketones is 1. The monoisotopic (exact) mass is 252 g/mol. The quantitative estimate of drug-likeness (QED) is 0.718. The fraction of sp³-hybridized carbons (Fsp3) is 0.857. The van der Waals surface area contributed by atoms with E-state index in [4.69, 9.17) is 0 Å². The van der Waals surface area contributed by atoms with E-state index in [1.54, 1.807) is 6.92 Å². The van der Waals surface area contributed by atoms with Crippen LogP contribution in [0, 0.1) is 0 Å². The molecule has 0 N–H and O–H groups in total. The average Bonchev–Trinajstić information content (AvgIpc) is 3.04. The van der Waals surface area contributed by atoms with Gasteiger partial charge in [-0.3, -0.25) is 14.5 Å². The molecule has 0 radical (unpaired) electrons. The maximum absolute atomic E-state index is 12.2. The molecule has 4 nitrogen and oxygen atoms in total. The molecule has 1 aliphatic heterocycles. The van der Waals surface area contributed by atoms with Crippen molar-refractivity contribution in [2.75, 3.05) is 19.6 Å². The maximum Gasteiger partial charge on any atom is 0.236 e. The molecule has 2 aliphatic rings. The highest BCUT2D eigenvalue weighted by molar-refractivity contribution is 5.79. The molecule has 18 heavy (non-hydrogen) atoms. The van der Waals surface area contributed by atoms with Crippen molar-refractivity contribution in [3.63, 3.8) is 0 Å². The Morgan fingerprint density at radius 1 is 1.28 bits per heavy atom. The van der Waals surface area contributed by atoms with Gasteiger partial charge in [-0.15, -0.1) is 0 Å². The highest BCUT2D eigenvalue weighted by atomic mass is 16.2. The van der Waals surface area contributed by atoms with Gasteiger partial charge in [0.2, 0.25) is 5.91 Å². The van der Waals surface area contributed by atoms with Gasteiger partial charge >= 0.3 is 0 Å². The van der Waals surface area contributed by atoms with Gasteiger partial charge in [0.25, 0.3) is 0 Å². The number of carbonyl (C=O) groups is 2. The summed E-state index contributed by atoms with van der Waals surface area (Å²) in [5.74, 6) is 0.476. The van der Waals surface area contributed by atoms with Crippen molar-refractivity contribution in [3.05, 3.63) is 0 Å². The third-order valence-corrected chi connectivity index (χ3v) is 4.01. The molecule has 2 fully saturated rings. The van der Waals surface area contributed by atoms with E-state index in [-0.39, 0.29) is 11.7 Å². The summed E-state index contributed by atoms with van der Waals surface area (Å²) in [6.07, 6.45) is 5.10. The van der Waals surface area contributed by atoms with Crippen molar-refractivity contribution < 1.29 is 9.59 Å². The summed E-state index contributed by atoms with van der Waals surface area (Å²) in [6.45, 7) is 5.97. The Balaban J connectivity index is 1.87. The molecule has 1 amide bonds. The smallest absolute Gasteiger partial charge is 0.236 e. The van der Waals surface area contributed by atoms with E-state index in [2.05, 4.69) is 4.90 Å². The minimum atomic E-state index is 0.230. The third kappa shape index (κ3) is 3.31. The number of hydrogen-bond acceptors (Lipinski definition) is 3. The van der Waals surface area contributed by atoms with Crippen molar-refractivity contribution in [2.24, 2.45) is 0 Å². The van der Waals surface area contributed by atoms with E-state index in [1.807, 2.05) is 11.8 Å². The number of rotatable bonds is 6. The number of likely N-dealkylation sites (N-methyl/N-ethyl adjacent to an activating group) is 1. The van der Waals surface area contributed by atoms with Crippen LogP contribution in [0.5, 0.6) is 0 Å². The number of likely N-dealkylation sites (tertiary alicyclic amines) is 1. The molecule has 1 atom stereocenters. The largest absolute Gasteiger partial charge is 0.339 e. The van der Waals surface area contributed by atoms with Gasteiger partial charge in [-0.05, 0) is 46.1 Å². The van der Waals surface area contributed by atoms with Crippen LogP contribution >= 0.6 is 0 Å². The molecule has 0 spiro atoms. The molecule has 1 saturated heterocycles. The van der Waals surface area contributed by atoms with Gasteiger partial charge in [-0.1, -0.05) is 0 Å². The zero-order valence-corrected chi connectivity index (χ0v) is 11.5. The lowest BCUT2D eigenvalue weighted by molar-refractivity contribution is -0.133. The highest BCUT2D eigenvalue weighted by Crippen LogP contribution is 2.27. The van der Waals surface area contributed by atoms with Crippen molar-refractivity contribution in [1.29, 1.82) is 0 Å². The van der Waals surface area contributed by atoms with Gasteiger partial charge in [0.15, 0.2) is 0 Å². The molecule has 1 heterocycles. The van der Waals surface area contributed by atoms with Gasteiger partial charge in [0, 0.05) is 25.0 Å². The summed E-state index contributed by atoms with van der Waals surface area (Å²) in [5, 5.41) is 0. The summed E-state index contributed by atoms with van der Waals surface area (Å²) < 4.78 is 0. The molecule has 1 saturated carbocycles. The van der Waals surface area contributed by atoms with Crippen molar-refractivity contribution in [2.45, 2.75) is 58.0 Å². The molecule has 1 unspecified atom stereocenters. The Bertz CT molecular complexity index is 326. The van der Waals surface area contributed by atoms with Crippen LogP contribution in [-0.2, 0) is 9.59 Å². The fourth-order valence-electron chi connectivity index (χ4n) is 2.96. The summed E-state index contributed by atoms with van der Waals surface area (Å²) in [7, 11) is 0. The number of amides is 1. The van der Waals surface area contributed by atoms with E-state index in [0.29, 0.717) is 25.0 Å². The van der Waals surface area contributed by atoms with Crippen LogP contribution in [0.15, 0.2) is 0 Å². The van der Waals surface area contributed by atoms with Crippen molar-refractivity contribution in [3.8, 4) is 0 Å². The van der Waals surface area contributed by atoms with Crippen molar-refractivity contribution >= 4 is 11.7 Å². The van der Waals surface area contributed by atoms with Gasteiger partial charge in [-0.25, -0.2) is 0 Å². The molecule has 0 aromatic heterocycles. The standard InChI is InChI=1S/C14H24N2O2/c1-3-16(12-6-7-12)14(18)10-15-8-4-5-13(15)9-11(2)17/h12-13H,3-10H2,1-2H3. The van der Waals surface area contributed by atoms with Crippen LogP contribution in [0.25, 0.3) is 0 Å². The Kier molecular flexibility index (Phi) is 4.38. The Labute approximate surface area is 109 Å². The Morgan fingerprint density at radius 2 is 2.00 bits per heavy atom. The molecule has 102 valence electrons. The predicted molar refractivity (Wildman–Crippen MR) is 70.3 cm³/mol. The SMILES string of the molecule is CCN(C(=O)CN1CCCC1CC(C)=O)C1CC1. The first kappa shape index (κ1) is 13.5. The lowest BCUT2D eigenvalue weighted by Gasteiger charge is -2.27. The van der Waals surface area contributed by atoms with Crippen LogP contribution in [0.2, 0.25) is 0 Å². The summed E-state index contributed by atoms with van der Waals surface area (Å²) >= 11 is 0. The molecular weight excluding hydrogens is 228 g/mol. The summed E-state index contributed by atoms with van der Waals surface area (Å²) in [4.78, 5) is 27.7. The third-order valence-electron chi connectivity index (χ3n) is 4.01. The van der Waals surface area contributed by atoms with E-state index in [9.17, 15) is 9.59 Å². The van der Waals surface area contributed by atoms with E-state index in [1.165, 1.54) is 0 Å². The first-order valence-corrected chi connectivity index (χ1v) is 7.14. The normalized spacial score (nSPS) is 24.2. The van der Waals surface area contributed by atoms with Crippen LogP contribution in [0.4, 0.5) is 0 Å². The molecule has 1 aliphatic carbocycles. The van der Waals surface area contributed by atoms with Crippen molar-refractivity contribution in [1.82, 2.24) is 9.80 Å². The topological polar surface area (TPSA) is 40.6 Å². The Hall–Kier alpha value is -0.900. The average molecular weight is 252 g/mol. The molecular formula is C14H24N2O2. The number of Topliss-reactive ketones (excluding diaryl/α,β-unsaturated/α-hetero) is 1. The molecule has 4 heteroatoms. The summed E-state index contributed by atoms with van der Waals surface area (Å²) in [5.41, 5.74) is 0. The number of carbonyl (C=O) groups excluding carboxylic acids is 2. The van der Waals surface area contributed by atoms with E-state index >= 15 is 0 Å². The Morgan fingerprint density at radius 3 is 2.56 bits per heavy atom. The molecule has 0 aromatic carbocycles. The van der Waals surface area contributed by atoms with Crippen LogP contribution in [0.3, 0.4) is 0 Å². The van der Waals surface area contributed by atoms with Crippen LogP contribution < -0.4 is 0 Å². The lowest BCUT2D eigenvalue weighted by atomic mass is 10.1. The lowest BCUT2D eigenvalue weighted by Crippen LogP contribution is -2.43. The number of nitrogens with zero attached hydrogens (tertiary/aromatic N) is 2. The van der Waals surface area contributed by atoms with Crippen LogP contribution in [0.1, 0.15) is 46.0 Å². The first-order chi connectivity index (χ1) is 8.61. The molecule has 2 rings (SSSR count). The molecule has 0 bridgehead atoms. The molecule has 0 aromatic rings. The minimum absolute atomic E-state index is 0.230. The van der Waals surface area contributed by atoms with E-state index < -0.39 is 0 Å². The van der Waals surface area contributed by atoms with Gasteiger partial charge in [-0.2, -0.15) is 0 Å². The zero-order chi connectivity index (χ0) is 13.1. The van der Waals surface area contributed by atoms with Gasteiger partial charge < -0.3 is 4.90 Å². The maximum atomic E-state index is 12.2. The first-order valence-electron chi connectivity index (χ1n) is 7.14. The van der Waals surface area contributed by atoms with Gasteiger partial charge in [0.1, 0.15) is 5.78 Å². The predicted octanol–water partition coefficient (Wildman–Crippen LogP) is 1.44. The zero-order valence-electron chi connectivity index (χ0n) is 11.5. The highest BCUT2D eigenvalue weighted by Gasteiger charge is 2.34. The fourth-order valence-corrected chi connectivity index (χ4v) is 2.96. The second-order valence-electron chi connectivity index (χ2n) is 5.58. The van der Waals surface area contributed by atoms with Gasteiger partial charge in [0.05, 0.1) is 6.54 Å². The second kappa shape index (κ2) is 5.83.